The molecule has 3 aromatic rings. The second-order valence-electron chi connectivity index (χ2n) is 9.39. The minimum absolute atomic E-state index is 0.0549. The Bertz CT molecular complexity index is 1340. The van der Waals surface area contributed by atoms with Crippen LogP contribution >= 0.6 is 0 Å². The molecule has 0 bridgehead atoms. The molecule has 1 aliphatic carbocycles. The molecule has 0 atom stereocenters. The molecule has 1 saturated heterocycles. The van der Waals surface area contributed by atoms with Crippen LogP contribution < -0.4 is 14.5 Å². The zero-order valence-electron chi connectivity index (χ0n) is 20.3. The smallest absolute Gasteiger partial charge is 0.417 e. The summed E-state index contributed by atoms with van der Waals surface area (Å²) in [6.07, 6.45) is 0.769. The van der Waals surface area contributed by atoms with E-state index in [1.807, 2.05) is 37.2 Å². The summed E-state index contributed by atoms with van der Waals surface area (Å²) in [4.78, 5) is 42.2. The lowest BCUT2D eigenvalue weighted by Gasteiger charge is -2.33. The molecule has 12 heteroatoms. The number of alkyl halides is 3. The second-order valence-corrected chi connectivity index (χ2v) is 9.39. The van der Waals surface area contributed by atoms with Crippen LogP contribution in [0.3, 0.4) is 0 Å². The van der Waals surface area contributed by atoms with Gasteiger partial charge in [0.2, 0.25) is 5.88 Å². The van der Waals surface area contributed by atoms with Gasteiger partial charge in [-0.1, -0.05) is 0 Å². The Balaban J connectivity index is 1.25. The number of benzene rings is 1. The minimum atomic E-state index is -4.60. The predicted molar refractivity (Wildman–Crippen MR) is 129 cm³/mol. The highest BCUT2D eigenvalue weighted by molar-refractivity contribution is 6.12. The molecule has 0 unspecified atom stereocenters. The number of aromatic nitrogens is 3. The average Bonchev–Trinajstić information content (AvgIpc) is 3.17. The molecule has 0 spiro atoms. The van der Waals surface area contributed by atoms with Gasteiger partial charge in [-0.05, 0) is 49.9 Å². The molecule has 1 aliphatic heterocycles. The molecule has 37 heavy (non-hydrogen) atoms. The zero-order chi connectivity index (χ0) is 26.3. The molecule has 9 nitrogen and oxygen atoms in total. The van der Waals surface area contributed by atoms with Gasteiger partial charge in [-0.15, -0.1) is 0 Å². The quantitative estimate of drug-likeness (QED) is 0.470. The topological polar surface area (TPSA) is 91.8 Å². The van der Waals surface area contributed by atoms with Crippen molar-refractivity contribution in [3.05, 3.63) is 48.5 Å². The molecule has 2 aromatic heterocycles. The highest BCUT2D eigenvalue weighted by Gasteiger charge is 2.43. The number of hydrogen-bond donors (Lipinski definition) is 0. The Labute approximate surface area is 210 Å². The first-order chi connectivity index (χ1) is 17.6. The lowest BCUT2D eigenvalue weighted by Crippen LogP contribution is -2.44. The van der Waals surface area contributed by atoms with E-state index in [0.717, 1.165) is 33.8 Å². The molecular weight excluding hydrogens is 489 g/mol. The van der Waals surface area contributed by atoms with E-state index in [2.05, 4.69) is 15.0 Å². The van der Waals surface area contributed by atoms with Gasteiger partial charge in [0.05, 0.1) is 28.4 Å². The normalized spacial score (nSPS) is 20.6. The summed E-state index contributed by atoms with van der Waals surface area (Å²) in [5.41, 5.74) is 0.743. The van der Waals surface area contributed by atoms with Crippen molar-refractivity contribution in [2.45, 2.75) is 44.0 Å². The number of imide groups is 1. The van der Waals surface area contributed by atoms with Crippen LogP contribution in [-0.2, 0) is 11.0 Å². The summed E-state index contributed by atoms with van der Waals surface area (Å²) >= 11 is 0. The molecule has 3 heterocycles. The SMILES string of the molecule is CN(C)c1ccc2c(OC3CCC(N4C(=O)CN(c5cncc(C(F)(F)F)c5)C4=O)CC3)ncnc2c1. The van der Waals surface area contributed by atoms with Crippen molar-refractivity contribution in [1.82, 2.24) is 19.9 Å². The average molecular weight is 515 g/mol. The minimum Gasteiger partial charge on any atom is -0.474 e. The third-order valence-electron chi connectivity index (χ3n) is 6.75. The van der Waals surface area contributed by atoms with Gasteiger partial charge in [0.15, 0.2) is 0 Å². The molecule has 194 valence electrons. The van der Waals surface area contributed by atoms with E-state index in [9.17, 15) is 22.8 Å². The zero-order valence-corrected chi connectivity index (χ0v) is 20.3. The lowest BCUT2D eigenvalue weighted by atomic mass is 9.92. The van der Waals surface area contributed by atoms with Crippen molar-refractivity contribution in [3.63, 3.8) is 0 Å². The van der Waals surface area contributed by atoms with Gasteiger partial charge in [-0.2, -0.15) is 13.2 Å². The Hall–Kier alpha value is -3.96. The maximum atomic E-state index is 13.1. The maximum absolute atomic E-state index is 13.1. The summed E-state index contributed by atoms with van der Waals surface area (Å²) < 4.78 is 45.4. The fourth-order valence-electron chi connectivity index (χ4n) is 4.78. The van der Waals surface area contributed by atoms with Gasteiger partial charge in [-0.3, -0.25) is 19.6 Å². The summed E-state index contributed by atoms with van der Waals surface area (Å²) in [6, 6.07) is 5.69. The summed E-state index contributed by atoms with van der Waals surface area (Å²) in [6.45, 7) is -0.319. The highest BCUT2D eigenvalue weighted by atomic mass is 19.4. The van der Waals surface area contributed by atoms with E-state index >= 15 is 0 Å². The van der Waals surface area contributed by atoms with Crippen LogP contribution in [0.15, 0.2) is 43.0 Å². The molecule has 5 rings (SSSR count). The van der Waals surface area contributed by atoms with Crippen LogP contribution in [0.5, 0.6) is 5.88 Å². The van der Waals surface area contributed by atoms with Crippen LogP contribution in [0, 0.1) is 0 Å². The van der Waals surface area contributed by atoms with Gasteiger partial charge in [-0.25, -0.2) is 14.8 Å². The second kappa shape index (κ2) is 9.49. The monoisotopic (exact) mass is 514 g/mol. The van der Waals surface area contributed by atoms with E-state index in [-0.39, 0.29) is 24.4 Å². The Kier molecular flexibility index (Phi) is 6.34. The number of anilines is 2. The Morgan fingerprint density at radius 2 is 1.78 bits per heavy atom. The number of carbonyl (C=O) groups is 2. The molecule has 1 saturated carbocycles. The van der Waals surface area contributed by atoms with Gasteiger partial charge >= 0.3 is 12.2 Å². The molecule has 1 aromatic carbocycles. The standard InChI is InChI=1S/C25H25F3N6O3/c1-32(2)17-5-8-20-21(10-17)30-14-31-23(20)37-19-6-3-16(4-7-19)34-22(35)13-33(24(34)36)18-9-15(11-29-12-18)25(26,27)28/h5,8-12,14,16,19H,3-4,6-7,13H2,1-2H3. The number of halogens is 3. The number of hydrogen-bond acceptors (Lipinski definition) is 7. The first-order valence-electron chi connectivity index (χ1n) is 11.9. The molecule has 2 fully saturated rings. The summed E-state index contributed by atoms with van der Waals surface area (Å²) in [5, 5.41) is 0.797. The van der Waals surface area contributed by atoms with Crippen LogP contribution in [0.4, 0.5) is 29.3 Å². The third-order valence-corrected chi connectivity index (χ3v) is 6.75. The van der Waals surface area contributed by atoms with Gasteiger partial charge in [0.25, 0.3) is 5.91 Å². The number of fused-ring (bicyclic) bond motifs is 1. The molecular formula is C25H25F3N6O3. The van der Waals surface area contributed by atoms with Crippen LogP contribution in [0.1, 0.15) is 31.2 Å². The van der Waals surface area contributed by atoms with Crippen molar-refractivity contribution in [1.29, 1.82) is 0 Å². The van der Waals surface area contributed by atoms with Crippen molar-refractivity contribution in [2.24, 2.45) is 0 Å². The van der Waals surface area contributed by atoms with Crippen LogP contribution in [-0.4, -0.2) is 64.6 Å². The fourth-order valence-corrected chi connectivity index (χ4v) is 4.78. The van der Waals surface area contributed by atoms with Crippen LogP contribution in [0.25, 0.3) is 10.9 Å². The van der Waals surface area contributed by atoms with E-state index in [1.165, 1.54) is 11.2 Å². The number of nitrogens with zero attached hydrogens (tertiary/aromatic N) is 6. The number of ether oxygens (including phenoxy) is 1. The molecule has 3 amide bonds. The number of amides is 3. The Morgan fingerprint density at radius 3 is 2.49 bits per heavy atom. The van der Waals surface area contributed by atoms with Gasteiger partial charge < -0.3 is 9.64 Å². The number of rotatable bonds is 5. The third kappa shape index (κ3) is 4.87. The highest BCUT2D eigenvalue weighted by Crippen LogP contribution is 2.34. The molecule has 0 N–H and O–H groups in total. The van der Waals surface area contributed by atoms with Gasteiger partial charge in [0.1, 0.15) is 19.0 Å². The van der Waals surface area contributed by atoms with E-state index < -0.39 is 23.7 Å². The first kappa shape index (κ1) is 24.7. The van der Waals surface area contributed by atoms with E-state index in [4.69, 9.17) is 4.74 Å². The summed E-state index contributed by atoms with van der Waals surface area (Å²) in [5.74, 6) is 0.0422. The first-order valence-corrected chi connectivity index (χ1v) is 11.9. The van der Waals surface area contributed by atoms with Crippen molar-refractivity contribution >= 4 is 34.2 Å². The largest absolute Gasteiger partial charge is 0.474 e. The number of urea groups is 1. The van der Waals surface area contributed by atoms with Crippen molar-refractivity contribution in [3.8, 4) is 5.88 Å². The van der Waals surface area contributed by atoms with Crippen molar-refractivity contribution in [2.75, 3.05) is 30.4 Å². The molecule has 0 radical (unpaired) electrons. The fraction of sp³-hybridized carbons (Fsp3) is 0.400. The number of carbonyl (C=O) groups excluding carboxylic acids is 2. The van der Waals surface area contributed by atoms with E-state index in [1.54, 1.807) is 0 Å². The lowest BCUT2D eigenvalue weighted by molar-refractivity contribution is -0.137. The maximum Gasteiger partial charge on any atom is 0.417 e. The predicted octanol–water partition coefficient (Wildman–Crippen LogP) is 4.27. The summed E-state index contributed by atoms with van der Waals surface area (Å²) in [7, 11) is 3.90. The van der Waals surface area contributed by atoms with Gasteiger partial charge in [0, 0.05) is 32.0 Å². The Morgan fingerprint density at radius 1 is 1.03 bits per heavy atom. The van der Waals surface area contributed by atoms with Crippen LogP contribution in [0.2, 0.25) is 0 Å². The van der Waals surface area contributed by atoms with E-state index in [0.29, 0.717) is 37.8 Å². The van der Waals surface area contributed by atoms with Crippen molar-refractivity contribution < 1.29 is 27.5 Å². The molecule has 2 aliphatic rings. The number of pyridine rings is 1.